The van der Waals surface area contributed by atoms with Gasteiger partial charge in [0.15, 0.2) is 0 Å². The van der Waals surface area contributed by atoms with Crippen molar-refractivity contribution in [2.24, 2.45) is 5.41 Å². The molecule has 0 bridgehead atoms. The van der Waals surface area contributed by atoms with Crippen LogP contribution in [0.4, 0.5) is 0 Å². The maximum Gasteiger partial charge on any atom is 0.333 e. The van der Waals surface area contributed by atoms with Gasteiger partial charge in [-0.2, -0.15) is 0 Å². The molecule has 0 amide bonds. The van der Waals surface area contributed by atoms with E-state index in [1.54, 1.807) is 6.92 Å². The highest BCUT2D eigenvalue weighted by Gasteiger charge is 2.21. The van der Waals surface area contributed by atoms with Crippen LogP contribution in [-0.2, 0) is 9.53 Å². The van der Waals surface area contributed by atoms with Crippen LogP contribution in [0.2, 0.25) is 0 Å². The van der Waals surface area contributed by atoms with E-state index in [1.165, 1.54) is 12.8 Å². The van der Waals surface area contributed by atoms with Gasteiger partial charge in [-0.3, -0.25) is 0 Å². The lowest BCUT2D eigenvalue weighted by molar-refractivity contribution is -0.139. The van der Waals surface area contributed by atoms with Crippen LogP contribution in [0.1, 0.15) is 53.4 Å². The number of esters is 1. The maximum absolute atomic E-state index is 11.2. The van der Waals surface area contributed by atoms with Crippen LogP contribution in [-0.4, -0.2) is 12.6 Å². The smallest absolute Gasteiger partial charge is 0.333 e. The molecule has 0 aromatic carbocycles. The molecule has 88 valence electrons. The van der Waals surface area contributed by atoms with E-state index >= 15 is 0 Å². The Hall–Kier alpha value is -0.790. The van der Waals surface area contributed by atoms with E-state index in [0.29, 0.717) is 17.6 Å². The predicted molar refractivity (Wildman–Crippen MR) is 63.7 cm³/mol. The van der Waals surface area contributed by atoms with Gasteiger partial charge in [-0.05, 0) is 25.2 Å². The standard InChI is InChI=1S/C13H24O2/c1-6-8-13(5,7-2)9-10-15-12(14)11(3)4/h3,6-10H2,1-2,4-5H3. The molecule has 0 aliphatic heterocycles. The molecular weight excluding hydrogens is 188 g/mol. The number of ether oxygens (including phenoxy) is 1. The molecule has 0 saturated carbocycles. The van der Waals surface area contributed by atoms with Gasteiger partial charge in [0.2, 0.25) is 0 Å². The van der Waals surface area contributed by atoms with E-state index < -0.39 is 0 Å². The molecule has 1 unspecified atom stereocenters. The van der Waals surface area contributed by atoms with Crippen molar-refractivity contribution >= 4 is 5.97 Å². The average Bonchev–Trinajstić information content (AvgIpc) is 2.18. The Morgan fingerprint density at radius 1 is 1.33 bits per heavy atom. The van der Waals surface area contributed by atoms with Crippen LogP contribution in [0.15, 0.2) is 12.2 Å². The van der Waals surface area contributed by atoms with Gasteiger partial charge in [0.05, 0.1) is 6.61 Å². The van der Waals surface area contributed by atoms with Crippen LogP contribution in [0.3, 0.4) is 0 Å². The molecule has 0 aromatic rings. The Bertz CT molecular complexity index is 221. The third-order valence-electron chi connectivity index (χ3n) is 2.99. The lowest BCUT2D eigenvalue weighted by Gasteiger charge is -2.27. The largest absolute Gasteiger partial charge is 0.462 e. The first kappa shape index (κ1) is 14.2. The number of rotatable bonds is 7. The van der Waals surface area contributed by atoms with E-state index in [9.17, 15) is 4.79 Å². The average molecular weight is 212 g/mol. The lowest BCUT2D eigenvalue weighted by atomic mass is 9.80. The second-order valence-corrected chi connectivity index (χ2v) is 4.58. The van der Waals surface area contributed by atoms with Gasteiger partial charge in [0.25, 0.3) is 0 Å². The van der Waals surface area contributed by atoms with Crippen LogP contribution in [0.25, 0.3) is 0 Å². The van der Waals surface area contributed by atoms with Crippen molar-refractivity contribution in [1.29, 1.82) is 0 Å². The Balaban J connectivity index is 3.91. The Morgan fingerprint density at radius 3 is 2.33 bits per heavy atom. The number of hydrogen-bond donors (Lipinski definition) is 0. The monoisotopic (exact) mass is 212 g/mol. The number of carbonyl (C=O) groups is 1. The summed E-state index contributed by atoms with van der Waals surface area (Å²) in [5.74, 6) is -0.273. The predicted octanol–water partition coefficient (Wildman–Crippen LogP) is 3.71. The molecule has 2 heteroatoms. The number of hydrogen-bond acceptors (Lipinski definition) is 2. The minimum Gasteiger partial charge on any atom is -0.462 e. The van der Waals surface area contributed by atoms with E-state index in [-0.39, 0.29) is 5.97 Å². The van der Waals surface area contributed by atoms with Crippen molar-refractivity contribution < 1.29 is 9.53 Å². The van der Waals surface area contributed by atoms with Crippen molar-refractivity contribution in [3.8, 4) is 0 Å². The van der Waals surface area contributed by atoms with Crippen LogP contribution in [0, 0.1) is 5.41 Å². The Morgan fingerprint density at radius 2 is 1.93 bits per heavy atom. The summed E-state index contributed by atoms with van der Waals surface area (Å²) in [6.07, 6.45) is 4.44. The van der Waals surface area contributed by atoms with Gasteiger partial charge in [-0.1, -0.05) is 40.2 Å². The summed E-state index contributed by atoms with van der Waals surface area (Å²) in [5.41, 5.74) is 0.785. The summed E-state index contributed by atoms with van der Waals surface area (Å²) < 4.78 is 5.11. The SMILES string of the molecule is C=C(C)C(=O)OCCC(C)(CC)CCC. The fourth-order valence-electron chi connectivity index (χ4n) is 1.60. The van der Waals surface area contributed by atoms with Crippen LogP contribution < -0.4 is 0 Å². The van der Waals surface area contributed by atoms with Gasteiger partial charge >= 0.3 is 5.97 Å². The quantitative estimate of drug-likeness (QED) is 0.475. The van der Waals surface area contributed by atoms with E-state index in [2.05, 4.69) is 27.4 Å². The zero-order chi connectivity index (χ0) is 11.9. The highest BCUT2D eigenvalue weighted by Crippen LogP contribution is 2.31. The lowest BCUT2D eigenvalue weighted by Crippen LogP contribution is -2.19. The second-order valence-electron chi connectivity index (χ2n) is 4.58. The zero-order valence-electron chi connectivity index (χ0n) is 10.6. The van der Waals surface area contributed by atoms with E-state index in [4.69, 9.17) is 4.74 Å². The first-order valence-electron chi connectivity index (χ1n) is 5.78. The van der Waals surface area contributed by atoms with Gasteiger partial charge in [0.1, 0.15) is 0 Å². The molecule has 0 heterocycles. The van der Waals surface area contributed by atoms with Gasteiger partial charge in [-0.15, -0.1) is 0 Å². The van der Waals surface area contributed by atoms with Crippen LogP contribution >= 0.6 is 0 Å². The van der Waals surface area contributed by atoms with E-state index in [0.717, 1.165) is 12.8 Å². The normalized spacial score (nSPS) is 14.4. The Kier molecular flexibility index (Phi) is 6.30. The molecule has 1 atom stereocenters. The molecule has 0 radical (unpaired) electrons. The number of carbonyl (C=O) groups excluding carboxylic acids is 1. The summed E-state index contributed by atoms with van der Waals surface area (Å²) in [4.78, 5) is 11.2. The topological polar surface area (TPSA) is 26.3 Å². The third kappa shape index (κ3) is 5.60. The van der Waals surface area contributed by atoms with Gasteiger partial charge in [0, 0.05) is 5.57 Å². The van der Waals surface area contributed by atoms with Crippen molar-refractivity contribution in [3.05, 3.63) is 12.2 Å². The summed E-state index contributed by atoms with van der Waals surface area (Å²) in [7, 11) is 0. The minimum absolute atomic E-state index is 0.273. The van der Waals surface area contributed by atoms with Crippen molar-refractivity contribution in [2.75, 3.05) is 6.61 Å². The second kappa shape index (κ2) is 6.65. The highest BCUT2D eigenvalue weighted by molar-refractivity contribution is 5.86. The van der Waals surface area contributed by atoms with Gasteiger partial charge in [-0.25, -0.2) is 4.79 Å². The maximum atomic E-state index is 11.2. The molecule has 0 aliphatic carbocycles. The fourth-order valence-corrected chi connectivity index (χ4v) is 1.60. The van der Waals surface area contributed by atoms with Crippen molar-refractivity contribution in [1.82, 2.24) is 0 Å². The zero-order valence-corrected chi connectivity index (χ0v) is 10.6. The molecule has 0 fully saturated rings. The van der Waals surface area contributed by atoms with Crippen molar-refractivity contribution in [3.63, 3.8) is 0 Å². The molecule has 0 aliphatic rings. The minimum atomic E-state index is -0.273. The molecule has 15 heavy (non-hydrogen) atoms. The molecule has 0 spiro atoms. The van der Waals surface area contributed by atoms with Crippen LogP contribution in [0.5, 0.6) is 0 Å². The first-order valence-corrected chi connectivity index (χ1v) is 5.78. The molecule has 0 aromatic heterocycles. The van der Waals surface area contributed by atoms with Gasteiger partial charge < -0.3 is 4.74 Å². The molecular formula is C13H24O2. The van der Waals surface area contributed by atoms with Crippen molar-refractivity contribution in [2.45, 2.75) is 53.4 Å². The fraction of sp³-hybridized carbons (Fsp3) is 0.769. The third-order valence-corrected chi connectivity index (χ3v) is 2.99. The molecule has 2 nitrogen and oxygen atoms in total. The Labute approximate surface area is 93.7 Å². The molecule has 0 N–H and O–H groups in total. The molecule has 0 rings (SSSR count). The first-order chi connectivity index (χ1) is 6.95. The molecule has 0 saturated heterocycles. The summed E-state index contributed by atoms with van der Waals surface area (Å²) >= 11 is 0. The summed E-state index contributed by atoms with van der Waals surface area (Å²) in [6.45, 7) is 12.4. The van der Waals surface area contributed by atoms with E-state index in [1.807, 2.05) is 0 Å². The summed E-state index contributed by atoms with van der Waals surface area (Å²) in [6, 6.07) is 0. The summed E-state index contributed by atoms with van der Waals surface area (Å²) in [5, 5.41) is 0. The highest BCUT2D eigenvalue weighted by atomic mass is 16.5.